The fourth-order valence-corrected chi connectivity index (χ4v) is 5.00. The molecular formula is C27H19N3. The topological polar surface area (TPSA) is 22.2 Å². The third-order valence-electron chi connectivity index (χ3n) is 6.35. The van der Waals surface area contributed by atoms with Crippen molar-refractivity contribution in [1.82, 2.24) is 14.0 Å². The number of aromatic nitrogens is 3. The van der Waals surface area contributed by atoms with E-state index in [1.165, 1.54) is 33.3 Å². The molecule has 7 rings (SSSR count). The first-order chi connectivity index (χ1) is 14.9. The van der Waals surface area contributed by atoms with Crippen LogP contribution >= 0.6 is 0 Å². The fourth-order valence-electron chi connectivity index (χ4n) is 5.00. The van der Waals surface area contributed by atoms with Gasteiger partial charge in [0.15, 0.2) is 0 Å². The molecule has 0 N–H and O–H groups in total. The Kier molecular flexibility index (Phi) is 3.11. The molecule has 2 heterocycles. The predicted octanol–water partition coefficient (Wildman–Crippen LogP) is 6.28. The number of fused-ring (bicyclic) bond motifs is 8. The van der Waals surface area contributed by atoms with Crippen LogP contribution in [0.2, 0.25) is 0 Å². The molecule has 0 aliphatic heterocycles. The highest BCUT2D eigenvalue weighted by Crippen LogP contribution is 2.38. The normalized spacial score (nSPS) is 14.1. The van der Waals surface area contributed by atoms with Crippen LogP contribution in [0.25, 0.3) is 45.8 Å². The number of imidazole rings is 2. The van der Waals surface area contributed by atoms with Gasteiger partial charge < -0.3 is 0 Å². The Morgan fingerprint density at radius 1 is 0.733 bits per heavy atom. The SMILES string of the molecule is C1=Cc2nc3n(-c4ccc5c(c4)-c4ccccc4C5)c4ccccc4n3c2C=CC1. The van der Waals surface area contributed by atoms with Gasteiger partial charge in [0.05, 0.1) is 22.4 Å². The molecule has 30 heavy (non-hydrogen) atoms. The molecule has 0 spiro atoms. The van der Waals surface area contributed by atoms with Crippen LogP contribution in [-0.4, -0.2) is 14.0 Å². The number of nitrogens with zero attached hydrogens (tertiary/aromatic N) is 3. The smallest absolute Gasteiger partial charge is 0.220 e. The van der Waals surface area contributed by atoms with Crippen LogP contribution in [0.15, 0.2) is 78.9 Å². The molecule has 0 unspecified atom stereocenters. The van der Waals surface area contributed by atoms with E-state index in [0.29, 0.717) is 0 Å². The molecule has 2 aliphatic carbocycles. The highest BCUT2D eigenvalue weighted by Gasteiger charge is 2.22. The summed E-state index contributed by atoms with van der Waals surface area (Å²) in [5.74, 6) is 0.962. The van der Waals surface area contributed by atoms with Crippen LogP contribution in [0, 0.1) is 0 Å². The number of hydrogen-bond donors (Lipinski definition) is 0. The monoisotopic (exact) mass is 385 g/mol. The van der Waals surface area contributed by atoms with E-state index in [4.69, 9.17) is 4.98 Å². The Hall–Kier alpha value is -3.85. The fraction of sp³-hybridized carbons (Fsp3) is 0.0741. The first kappa shape index (κ1) is 16.0. The number of para-hydroxylation sites is 2. The lowest BCUT2D eigenvalue weighted by Gasteiger charge is -2.08. The summed E-state index contributed by atoms with van der Waals surface area (Å²) >= 11 is 0. The molecule has 2 aromatic heterocycles. The summed E-state index contributed by atoms with van der Waals surface area (Å²) in [5, 5.41) is 0. The number of allylic oxidation sites excluding steroid dienone is 2. The van der Waals surface area contributed by atoms with Crippen molar-refractivity contribution in [3.63, 3.8) is 0 Å². The van der Waals surface area contributed by atoms with Crippen LogP contribution in [0.4, 0.5) is 0 Å². The van der Waals surface area contributed by atoms with Gasteiger partial charge in [0, 0.05) is 5.69 Å². The summed E-state index contributed by atoms with van der Waals surface area (Å²) in [4.78, 5) is 5.05. The Balaban J connectivity index is 1.56. The molecule has 0 radical (unpaired) electrons. The maximum absolute atomic E-state index is 5.05. The lowest BCUT2D eigenvalue weighted by molar-refractivity contribution is 1.09. The zero-order valence-electron chi connectivity index (χ0n) is 16.4. The highest BCUT2D eigenvalue weighted by atomic mass is 15.2. The number of hydrogen-bond acceptors (Lipinski definition) is 1. The molecule has 0 fully saturated rings. The quantitative estimate of drug-likeness (QED) is 0.326. The minimum atomic E-state index is 0.946. The molecular weight excluding hydrogens is 366 g/mol. The van der Waals surface area contributed by atoms with Gasteiger partial charge in [0.1, 0.15) is 0 Å². The zero-order valence-corrected chi connectivity index (χ0v) is 16.4. The van der Waals surface area contributed by atoms with E-state index in [1.807, 2.05) is 0 Å². The minimum absolute atomic E-state index is 0.946. The van der Waals surface area contributed by atoms with Crippen molar-refractivity contribution in [3.8, 4) is 16.8 Å². The van der Waals surface area contributed by atoms with Gasteiger partial charge in [-0.15, -0.1) is 0 Å². The van der Waals surface area contributed by atoms with E-state index < -0.39 is 0 Å². The molecule has 3 aromatic carbocycles. The lowest BCUT2D eigenvalue weighted by atomic mass is 10.1. The predicted molar refractivity (Wildman–Crippen MR) is 123 cm³/mol. The van der Waals surface area contributed by atoms with Gasteiger partial charge in [0.25, 0.3) is 0 Å². The second-order valence-corrected chi connectivity index (χ2v) is 8.06. The Morgan fingerprint density at radius 2 is 1.53 bits per heavy atom. The van der Waals surface area contributed by atoms with E-state index >= 15 is 0 Å². The van der Waals surface area contributed by atoms with Gasteiger partial charge in [-0.05, 0) is 71.5 Å². The molecule has 0 saturated carbocycles. The van der Waals surface area contributed by atoms with Gasteiger partial charge in [-0.25, -0.2) is 4.98 Å². The summed E-state index contributed by atoms with van der Waals surface area (Å²) in [6.07, 6.45) is 10.7. The van der Waals surface area contributed by atoms with Crippen molar-refractivity contribution in [2.45, 2.75) is 12.8 Å². The van der Waals surface area contributed by atoms with Gasteiger partial charge in [-0.1, -0.05) is 54.6 Å². The molecule has 0 amide bonds. The van der Waals surface area contributed by atoms with Crippen LogP contribution in [0.1, 0.15) is 28.9 Å². The Labute approximate surface area is 174 Å². The molecule has 5 aromatic rings. The second kappa shape index (κ2) is 5.83. The first-order valence-corrected chi connectivity index (χ1v) is 10.4. The largest absolute Gasteiger partial charge is 0.278 e. The summed E-state index contributed by atoms with van der Waals surface area (Å²) in [6, 6.07) is 24.2. The molecule has 0 bridgehead atoms. The highest BCUT2D eigenvalue weighted by molar-refractivity contribution is 5.87. The van der Waals surface area contributed by atoms with Crippen molar-refractivity contribution in [3.05, 3.63) is 101 Å². The van der Waals surface area contributed by atoms with E-state index in [0.717, 1.165) is 35.7 Å². The first-order valence-electron chi connectivity index (χ1n) is 10.4. The van der Waals surface area contributed by atoms with Crippen LogP contribution in [0.5, 0.6) is 0 Å². The van der Waals surface area contributed by atoms with Crippen LogP contribution in [0.3, 0.4) is 0 Å². The molecule has 3 heteroatoms. The average Bonchev–Trinajstić information content (AvgIpc) is 3.36. The van der Waals surface area contributed by atoms with E-state index in [1.54, 1.807) is 0 Å². The average molecular weight is 385 g/mol. The molecule has 2 aliphatic rings. The Morgan fingerprint density at radius 3 is 2.50 bits per heavy atom. The van der Waals surface area contributed by atoms with E-state index in [-0.39, 0.29) is 0 Å². The maximum atomic E-state index is 5.05. The lowest BCUT2D eigenvalue weighted by Crippen LogP contribution is -1.96. The van der Waals surface area contributed by atoms with Gasteiger partial charge >= 0.3 is 0 Å². The summed E-state index contributed by atoms with van der Waals surface area (Å²) in [7, 11) is 0. The third kappa shape index (κ3) is 2.07. The van der Waals surface area contributed by atoms with Gasteiger partial charge in [0.2, 0.25) is 5.78 Å². The van der Waals surface area contributed by atoms with E-state index in [2.05, 4.69) is 100 Å². The molecule has 0 saturated heterocycles. The van der Waals surface area contributed by atoms with Crippen molar-refractivity contribution < 1.29 is 0 Å². The maximum Gasteiger partial charge on any atom is 0.220 e. The summed E-state index contributed by atoms with van der Waals surface area (Å²) in [6.45, 7) is 0. The number of benzene rings is 3. The molecule has 3 nitrogen and oxygen atoms in total. The summed E-state index contributed by atoms with van der Waals surface area (Å²) < 4.78 is 4.59. The van der Waals surface area contributed by atoms with Gasteiger partial charge in [-0.3, -0.25) is 8.97 Å². The van der Waals surface area contributed by atoms with Gasteiger partial charge in [-0.2, -0.15) is 0 Å². The minimum Gasteiger partial charge on any atom is -0.278 e. The standard InChI is InChI=1S/C27H19N3/c1-2-10-23-24(11-3-1)30-26-13-7-6-12-25(26)29(27(30)28-23)20-15-14-19-16-18-8-4-5-9-21(18)22(19)17-20/h2-15,17H,1,16H2. The third-order valence-corrected chi connectivity index (χ3v) is 6.35. The van der Waals surface area contributed by atoms with Crippen molar-refractivity contribution >= 4 is 29.0 Å². The van der Waals surface area contributed by atoms with Crippen molar-refractivity contribution in [2.24, 2.45) is 0 Å². The molecule has 0 atom stereocenters. The Bertz CT molecular complexity index is 1540. The van der Waals surface area contributed by atoms with Crippen molar-refractivity contribution in [1.29, 1.82) is 0 Å². The summed E-state index contributed by atoms with van der Waals surface area (Å²) in [5.41, 5.74) is 11.2. The van der Waals surface area contributed by atoms with Crippen LogP contribution < -0.4 is 0 Å². The molecule has 142 valence electrons. The zero-order chi connectivity index (χ0) is 19.7. The van der Waals surface area contributed by atoms with Crippen LogP contribution in [-0.2, 0) is 6.42 Å². The number of rotatable bonds is 1. The van der Waals surface area contributed by atoms with Crippen molar-refractivity contribution in [2.75, 3.05) is 0 Å². The second-order valence-electron chi connectivity index (χ2n) is 8.06. The van der Waals surface area contributed by atoms with E-state index in [9.17, 15) is 0 Å².